The molecule has 3 rings (SSSR count). The third-order valence-corrected chi connectivity index (χ3v) is 7.97. The van der Waals surface area contributed by atoms with E-state index >= 15 is 0 Å². The van der Waals surface area contributed by atoms with Gasteiger partial charge in [0.15, 0.2) is 0 Å². The molecule has 0 amide bonds. The van der Waals surface area contributed by atoms with Crippen LogP contribution in [0, 0.1) is 5.92 Å². The maximum atomic E-state index is 12.3. The second-order valence-corrected chi connectivity index (χ2v) is 11.3. The molecule has 2 aromatic carbocycles. The van der Waals surface area contributed by atoms with Gasteiger partial charge in [0.25, 0.3) is 0 Å². The van der Waals surface area contributed by atoms with Gasteiger partial charge in [-0.25, -0.2) is 8.42 Å². The fraction of sp³-hybridized carbons (Fsp3) is 0.458. The predicted molar refractivity (Wildman–Crippen MR) is 127 cm³/mol. The maximum Gasteiger partial charge on any atom is 0.322 e. The molecule has 1 N–H and O–H groups in total. The van der Waals surface area contributed by atoms with E-state index in [1.165, 1.54) is 5.56 Å². The number of carbonyl (C=O) groups is 1. The van der Waals surface area contributed by atoms with E-state index in [1.54, 1.807) is 0 Å². The predicted octanol–water partition coefficient (Wildman–Crippen LogP) is 3.68. The van der Waals surface area contributed by atoms with Gasteiger partial charge in [0.2, 0.25) is 10.0 Å². The molecule has 0 spiro atoms. The highest BCUT2D eigenvalue weighted by Crippen LogP contribution is 2.25. The average molecular weight is 479 g/mol. The van der Waals surface area contributed by atoms with Crippen LogP contribution < -0.4 is 0 Å². The zero-order valence-corrected chi connectivity index (χ0v) is 20.1. The van der Waals surface area contributed by atoms with Crippen molar-refractivity contribution in [2.45, 2.75) is 38.3 Å². The van der Waals surface area contributed by atoms with E-state index in [2.05, 4.69) is 31.1 Å². The van der Waals surface area contributed by atoms with Crippen LogP contribution in [0.4, 0.5) is 0 Å². The number of benzene rings is 2. The van der Waals surface area contributed by atoms with Gasteiger partial charge < -0.3 is 10.0 Å². The summed E-state index contributed by atoms with van der Waals surface area (Å²) in [5.74, 6) is -0.734. The molecule has 0 aliphatic carbocycles. The summed E-state index contributed by atoms with van der Waals surface area (Å²) >= 11 is 6.01. The smallest absolute Gasteiger partial charge is 0.322 e. The van der Waals surface area contributed by atoms with Crippen molar-refractivity contribution in [3.63, 3.8) is 0 Å². The number of hydrogen-bond acceptors (Lipinski definition) is 4. The highest BCUT2D eigenvalue weighted by atomic mass is 35.5. The first kappa shape index (κ1) is 24.7. The molecule has 0 aromatic heterocycles. The van der Waals surface area contributed by atoms with Crippen LogP contribution in [0.3, 0.4) is 0 Å². The van der Waals surface area contributed by atoms with Crippen LogP contribution in [0.1, 0.15) is 29.5 Å². The lowest BCUT2D eigenvalue weighted by Gasteiger charge is -2.22. The molecule has 0 radical (unpaired) electrons. The Morgan fingerprint density at radius 3 is 2.50 bits per heavy atom. The zero-order valence-electron chi connectivity index (χ0n) is 18.6. The van der Waals surface area contributed by atoms with Gasteiger partial charge in [-0.15, -0.1) is 0 Å². The second kappa shape index (κ2) is 10.8. The van der Waals surface area contributed by atoms with Crippen molar-refractivity contribution >= 4 is 27.6 Å². The summed E-state index contributed by atoms with van der Waals surface area (Å²) in [5.41, 5.74) is 3.21. The van der Waals surface area contributed by atoms with Crippen molar-refractivity contribution in [2.75, 3.05) is 26.4 Å². The summed E-state index contributed by atoms with van der Waals surface area (Å²) < 4.78 is 25.8. The highest BCUT2D eigenvalue weighted by molar-refractivity contribution is 7.89. The molecule has 1 saturated heterocycles. The van der Waals surface area contributed by atoms with Crippen molar-refractivity contribution in [3.8, 4) is 0 Å². The zero-order chi connectivity index (χ0) is 23.3. The minimum atomic E-state index is -3.53. The SMILES string of the molecule is CN(C)C[C@@H](CCc1cccc(CN2C(C(=O)O)CCS2(=O)=O)c1)Cc1ccc(Cl)cc1. The number of hydrogen-bond donors (Lipinski definition) is 1. The van der Waals surface area contributed by atoms with Gasteiger partial charge >= 0.3 is 5.97 Å². The normalized spacial score (nSPS) is 19.3. The van der Waals surface area contributed by atoms with Crippen LogP contribution >= 0.6 is 11.6 Å². The first-order valence-corrected chi connectivity index (χ1v) is 12.8. The molecule has 0 saturated carbocycles. The number of halogens is 1. The number of carboxylic acids is 1. The highest BCUT2D eigenvalue weighted by Gasteiger charge is 2.41. The third-order valence-electron chi connectivity index (χ3n) is 5.87. The van der Waals surface area contributed by atoms with Gasteiger partial charge in [-0.2, -0.15) is 4.31 Å². The van der Waals surface area contributed by atoms with Gasteiger partial charge in [0, 0.05) is 18.1 Å². The van der Waals surface area contributed by atoms with E-state index in [4.69, 9.17) is 11.6 Å². The van der Waals surface area contributed by atoms with Crippen molar-refractivity contribution < 1.29 is 18.3 Å². The summed E-state index contributed by atoms with van der Waals surface area (Å²) in [5, 5.41) is 10.1. The monoisotopic (exact) mass is 478 g/mol. The molecule has 1 heterocycles. The Bertz CT molecular complexity index is 1020. The quantitative estimate of drug-likeness (QED) is 0.563. The number of aryl methyl sites for hydroxylation is 1. The Labute approximate surface area is 195 Å². The summed E-state index contributed by atoms with van der Waals surface area (Å²) in [6.07, 6.45) is 2.95. The summed E-state index contributed by atoms with van der Waals surface area (Å²) in [6, 6.07) is 14.8. The van der Waals surface area contributed by atoms with Gasteiger partial charge in [-0.1, -0.05) is 48.0 Å². The third kappa shape index (κ3) is 6.78. The van der Waals surface area contributed by atoms with Crippen LogP contribution in [-0.4, -0.2) is 61.1 Å². The number of rotatable bonds is 10. The van der Waals surface area contributed by atoms with Crippen LogP contribution in [0.25, 0.3) is 0 Å². The van der Waals surface area contributed by atoms with E-state index in [-0.39, 0.29) is 18.7 Å². The molecule has 174 valence electrons. The Hall–Kier alpha value is -1.93. The Morgan fingerprint density at radius 2 is 1.84 bits per heavy atom. The lowest BCUT2D eigenvalue weighted by atomic mass is 9.92. The molecule has 0 bridgehead atoms. The fourth-order valence-electron chi connectivity index (χ4n) is 4.33. The Balaban J connectivity index is 1.67. The van der Waals surface area contributed by atoms with E-state index in [0.29, 0.717) is 5.92 Å². The largest absolute Gasteiger partial charge is 0.480 e. The van der Waals surface area contributed by atoms with E-state index in [9.17, 15) is 18.3 Å². The van der Waals surface area contributed by atoms with Crippen LogP contribution in [0.2, 0.25) is 5.02 Å². The number of aliphatic carboxylic acids is 1. The topological polar surface area (TPSA) is 77.9 Å². The van der Waals surface area contributed by atoms with Crippen molar-refractivity contribution in [3.05, 3.63) is 70.2 Å². The first-order valence-electron chi connectivity index (χ1n) is 10.8. The van der Waals surface area contributed by atoms with E-state index in [0.717, 1.165) is 46.3 Å². The molecule has 8 heteroatoms. The minimum absolute atomic E-state index is 0.0963. The Kier molecular flexibility index (Phi) is 8.33. The molecule has 6 nitrogen and oxygen atoms in total. The summed E-state index contributed by atoms with van der Waals surface area (Å²) in [7, 11) is 0.617. The number of nitrogens with zero attached hydrogens (tertiary/aromatic N) is 2. The first-order chi connectivity index (χ1) is 15.1. The molecule has 1 unspecified atom stereocenters. The summed E-state index contributed by atoms with van der Waals surface area (Å²) in [4.78, 5) is 13.7. The number of sulfonamides is 1. The van der Waals surface area contributed by atoms with Gasteiger partial charge in [0.05, 0.1) is 5.75 Å². The lowest BCUT2D eigenvalue weighted by molar-refractivity contribution is -0.141. The second-order valence-electron chi connectivity index (χ2n) is 8.82. The van der Waals surface area contributed by atoms with Crippen LogP contribution in [-0.2, 0) is 34.2 Å². The molecule has 1 fully saturated rings. The molecule has 32 heavy (non-hydrogen) atoms. The van der Waals surface area contributed by atoms with Crippen LogP contribution in [0.15, 0.2) is 48.5 Å². The maximum absolute atomic E-state index is 12.3. The molecule has 1 aliphatic heterocycles. The molecule has 1 aliphatic rings. The Morgan fingerprint density at radius 1 is 1.16 bits per heavy atom. The minimum Gasteiger partial charge on any atom is -0.480 e. The number of carboxylic acid groups (broad SMARTS) is 1. The van der Waals surface area contributed by atoms with Crippen molar-refractivity contribution in [1.29, 1.82) is 0 Å². The van der Waals surface area contributed by atoms with Crippen LogP contribution in [0.5, 0.6) is 0 Å². The molecular formula is C24H31ClN2O4S. The molecule has 2 atom stereocenters. The van der Waals surface area contributed by atoms with Crippen molar-refractivity contribution in [1.82, 2.24) is 9.21 Å². The van der Waals surface area contributed by atoms with Crippen molar-refractivity contribution in [2.24, 2.45) is 5.92 Å². The van der Waals surface area contributed by atoms with Gasteiger partial charge in [-0.3, -0.25) is 4.79 Å². The van der Waals surface area contributed by atoms with Gasteiger partial charge in [-0.05, 0) is 74.5 Å². The van der Waals surface area contributed by atoms with Gasteiger partial charge in [0.1, 0.15) is 6.04 Å². The fourth-order valence-corrected chi connectivity index (χ4v) is 6.14. The molecular weight excluding hydrogens is 448 g/mol. The molecule has 2 aromatic rings. The van der Waals surface area contributed by atoms with E-state index in [1.807, 2.05) is 36.4 Å². The lowest BCUT2D eigenvalue weighted by Crippen LogP contribution is -2.37. The summed E-state index contributed by atoms with van der Waals surface area (Å²) in [6.45, 7) is 1.06. The average Bonchev–Trinajstić information content (AvgIpc) is 3.02. The van der Waals surface area contributed by atoms with E-state index < -0.39 is 22.0 Å². The standard InChI is InChI=1S/C24H31ClN2O4S/c1-26(2)16-21(15-19-8-10-22(25)11-9-19)7-6-18-4-3-5-20(14-18)17-27-23(24(28)29)12-13-32(27,30)31/h3-5,8-11,14,21,23H,6-7,12-13,15-17H2,1-2H3,(H,28,29)/t21-,23?/m0/s1.